The molecule has 2 aromatic heterocycles. The van der Waals surface area contributed by atoms with E-state index in [2.05, 4.69) is 80.5 Å². The molecule has 11 nitrogen and oxygen atoms in total. The number of ether oxygens (including phenoxy) is 2. The lowest BCUT2D eigenvalue weighted by molar-refractivity contribution is 0.0277. The number of nitrogens with zero attached hydrogens (tertiary/aromatic N) is 4. The Morgan fingerprint density at radius 2 is 1.14 bits per heavy atom. The summed E-state index contributed by atoms with van der Waals surface area (Å²) < 4.78 is 26.9. The van der Waals surface area contributed by atoms with Gasteiger partial charge in [-0.2, -0.15) is 0 Å². The largest absolute Gasteiger partial charge is 0.444 e. The summed E-state index contributed by atoms with van der Waals surface area (Å²) in [4.78, 5) is 37.3. The maximum absolute atomic E-state index is 12.9. The molecule has 0 aromatic carbocycles. The number of amides is 2. The van der Waals surface area contributed by atoms with E-state index in [-0.39, 0.29) is 39.8 Å². The van der Waals surface area contributed by atoms with Crippen molar-refractivity contribution in [2.45, 2.75) is 181 Å². The van der Waals surface area contributed by atoms with Gasteiger partial charge < -0.3 is 25.0 Å². The number of hydrogen-bond donors (Lipinski definition) is 2. The molecule has 0 saturated carbocycles. The Morgan fingerprint density at radius 1 is 0.724 bits per heavy atom. The minimum absolute atomic E-state index is 0.0186. The van der Waals surface area contributed by atoms with Crippen LogP contribution in [0.4, 0.5) is 9.59 Å². The van der Waals surface area contributed by atoms with E-state index in [1.807, 2.05) is 84.5 Å². The van der Waals surface area contributed by atoms with Crippen LogP contribution in [-0.2, 0) is 31.3 Å². The van der Waals surface area contributed by atoms with Crippen LogP contribution >= 0.6 is 0 Å². The molecule has 2 aliphatic rings. The highest BCUT2D eigenvalue weighted by atomic mass is 32.2. The average molecular weight is 827 g/mol. The van der Waals surface area contributed by atoms with Gasteiger partial charge in [-0.1, -0.05) is 41.5 Å². The van der Waals surface area contributed by atoms with Crippen molar-refractivity contribution in [1.29, 1.82) is 0 Å². The molecule has 0 spiro atoms. The standard InChI is InChI=1S/C25H43N3O3S.C21H35N3O2/c1-23(2,3)19-12-14-26-21(16-19)20(27-32(30)25(7,8)9)11-10-18-13-15-28(17-18)22(29)31-24(4,5)6;1-20(2,3)16-9-11-23-18(13-16)17(22)8-7-15-10-12-24(14-15)19(25)26-21(4,5)6/h12,14,16,18,20,27H,10-11,13,15,17H2,1-9H3;9,11,13,15,17H,7-8,10,12,14,22H2,1-6H3/t18-,20?,32?;15-,17?/m00/s1. The Kier molecular flexibility index (Phi) is 17.0. The summed E-state index contributed by atoms with van der Waals surface area (Å²) in [5.74, 6) is 0.889. The van der Waals surface area contributed by atoms with Gasteiger partial charge in [-0.05, 0) is 159 Å². The first kappa shape index (κ1) is 49.3. The van der Waals surface area contributed by atoms with Crippen LogP contribution in [0.25, 0.3) is 0 Å². The third-order valence-electron chi connectivity index (χ3n) is 10.5. The summed E-state index contributed by atoms with van der Waals surface area (Å²) >= 11 is 0. The number of likely N-dealkylation sites (tertiary alicyclic amines) is 2. The minimum Gasteiger partial charge on any atom is -0.444 e. The maximum Gasteiger partial charge on any atom is 0.410 e. The van der Waals surface area contributed by atoms with Crippen LogP contribution in [0, 0.1) is 11.8 Å². The van der Waals surface area contributed by atoms with Crippen LogP contribution in [-0.4, -0.2) is 78.3 Å². The lowest BCUT2D eigenvalue weighted by Gasteiger charge is -2.27. The number of rotatable bonds is 10. The second-order valence-corrected chi connectivity index (χ2v) is 23.4. The summed E-state index contributed by atoms with van der Waals surface area (Å²) in [6.07, 6.45) is 8.88. The number of pyridine rings is 2. The Morgan fingerprint density at radius 3 is 1.55 bits per heavy atom. The molecule has 2 aromatic rings. The van der Waals surface area contributed by atoms with Crippen molar-refractivity contribution in [3.8, 4) is 0 Å². The van der Waals surface area contributed by atoms with Gasteiger partial charge in [-0.3, -0.25) is 9.97 Å². The van der Waals surface area contributed by atoms with Crippen LogP contribution in [0.3, 0.4) is 0 Å². The van der Waals surface area contributed by atoms with Gasteiger partial charge in [-0.15, -0.1) is 0 Å². The van der Waals surface area contributed by atoms with Crippen LogP contribution < -0.4 is 10.5 Å². The minimum atomic E-state index is -1.20. The van der Waals surface area contributed by atoms with Crippen molar-refractivity contribution < 1.29 is 23.3 Å². The first-order valence-electron chi connectivity index (χ1n) is 21.3. The van der Waals surface area contributed by atoms with Crippen molar-refractivity contribution in [2.75, 3.05) is 26.2 Å². The van der Waals surface area contributed by atoms with E-state index in [9.17, 15) is 13.8 Å². The van der Waals surface area contributed by atoms with Crippen molar-refractivity contribution in [3.63, 3.8) is 0 Å². The van der Waals surface area contributed by atoms with Gasteiger partial charge in [0.15, 0.2) is 0 Å². The predicted molar refractivity (Wildman–Crippen MR) is 237 cm³/mol. The van der Waals surface area contributed by atoms with Crippen molar-refractivity contribution in [2.24, 2.45) is 17.6 Å². The highest BCUT2D eigenvalue weighted by molar-refractivity contribution is 7.84. The van der Waals surface area contributed by atoms with Gasteiger partial charge in [0.05, 0.1) is 33.2 Å². The number of hydrogen-bond acceptors (Lipinski definition) is 8. The fraction of sp³-hybridized carbons (Fsp3) is 0.739. The molecule has 2 fully saturated rings. The van der Waals surface area contributed by atoms with Crippen molar-refractivity contribution in [3.05, 3.63) is 59.2 Å². The SMILES string of the molecule is CC(C)(C)OC(=O)N1CC[C@H](CCC(N)c2cc(C(C)(C)C)ccn2)C1.CC(C)(C)OC(=O)N1CC[C@H](CCC(NS(=O)C(C)(C)C)c2cc(C(C)(C)C)ccn2)C1. The van der Waals surface area contributed by atoms with Crippen molar-refractivity contribution in [1.82, 2.24) is 24.5 Å². The number of nitrogens with two attached hydrogens (primary N) is 1. The lowest BCUT2D eigenvalue weighted by atomic mass is 9.86. The van der Waals surface area contributed by atoms with E-state index in [0.29, 0.717) is 18.4 Å². The van der Waals surface area contributed by atoms with Gasteiger partial charge in [0.25, 0.3) is 0 Å². The van der Waals surface area contributed by atoms with Crippen LogP contribution in [0.2, 0.25) is 0 Å². The van der Waals surface area contributed by atoms with E-state index in [1.165, 1.54) is 11.1 Å². The third kappa shape index (κ3) is 16.5. The molecule has 58 heavy (non-hydrogen) atoms. The maximum atomic E-state index is 12.9. The van der Waals surface area contributed by atoms with E-state index >= 15 is 0 Å². The lowest BCUT2D eigenvalue weighted by Crippen LogP contribution is -2.36. The second-order valence-electron chi connectivity index (χ2n) is 21.4. The van der Waals surface area contributed by atoms with Gasteiger partial charge in [-0.25, -0.2) is 18.5 Å². The van der Waals surface area contributed by atoms with Crippen LogP contribution in [0.5, 0.6) is 0 Å². The molecule has 2 saturated heterocycles. The molecule has 0 radical (unpaired) electrons. The Bertz CT molecular complexity index is 1670. The molecule has 328 valence electrons. The predicted octanol–water partition coefficient (Wildman–Crippen LogP) is 9.93. The number of aromatic nitrogens is 2. The number of carbonyl (C=O) groups is 2. The van der Waals surface area contributed by atoms with Gasteiger partial charge in [0.2, 0.25) is 0 Å². The topological polar surface area (TPSA) is 140 Å². The van der Waals surface area contributed by atoms with Gasteiger partial charge >= 0.3 is 12.2 Å². The fourth-order valence-corrected chi connectivity index (χ4v) is 7.73. The normalized spacial score (nSPS) is 19.6. The molecule has 4 rings (SSSR count). The molecule has 4 heterocycles. The van der Waals surface area contributed by atoms with E-state index in [0.717, 1.165) is 69.5 Å². The van der Waals surface area contributed by atoms with E-state index in [1.54, 1.807) is 0 Å². The Labute approximate surface area is 354 Å². The zero-order chi connectivity index (χ0) is 43.9. The molecule has 2 amide bonds. The molecule has 5 atom stereocenters. The molecule has 3 unspecified atom stereocenters. The van der Waals surface area contributed by atoms with Crippen LogP contribution in [0.15, 0.2) is 36.7 Å². The average Bonchev–Trinajstić information content (AvgIpc) is 3.77. The Balaban J connectivity index is 0.000000317. The zero-order valence-corrected chi connectivity index (χ0v) is 39.5. The van der Waals surface area contributed by atoms with Gasteiger partial charge in [0.1, 0.15) is 11.2 Å². The zero-order valence-electron chi connectivity index (χ0n) is 38.7. The molecular formula is C46H78N6O5S. The second kappa shape index (κ2) is 20.0. The first-order valence-corrected chi connectivity index (χ1v) is 22.5. The van der Waals surface area contributed by atoms with E-state index in [4.69, 9.17) is 15.2 Å². The molecule has 0 aliphatic carbocycles. The third-order valence-corrected chi connectivity index (χ3v) is 12.1. The van der Waals surface area contributed by atoms with Crippen LogP contribution in [0.1, 0.15) is 177 Å². The Hall–Kier alpha value is -3.09. The summed E-state index contributed by atoms with van der Waals surface area (Å²) in [5.41, 5.74) is 9.94. The van der Waals surface area contributed by atoms with Gasteiger partial charge in [0, 0.05) is 44.6 Å². The van der Waals surface area contributed by atoms with E-state index < -0.39 is 22.2 Å². The molecular weight excluding hydrogens is 749 g/mol. The fourth-order valence-electron chi connectivity index (χ4n) is 6.88. The quantitative estimate of drug-likeness (QED) is 0.241. The van der Waals surface area contributed by atoms with Crippen molar-refractivity contribution >= 4 is 23.2 Å². The highest BCUT2D eigenvalue weighted by Crippen LogP contribution is 2.31. The summed E-state index contributed by atoms with van der Waals surface area (Å²) in [6, 6.07) is 8.22. The molecule has 12 heteroatoms. The number of carbonyl (C=O) groups excluding carboxylic acids is 2. The smallest absolute Gasteiger partial charge is 0.410 e. The molecule has 0 bridgehead atoms. The molecule has 3 N–H and O–H groups in total. The number of nitrogens with one attached hydrogen (secondary N) is 1. The summed E-state index contributed by atoms with van der Waals surface area (Å²) in [6.45, 7) is 33.4. The first-order chi connectivity index (χ1) is 26.5. The summed E-state index contributed by atoms with van der Waals surface area (Å²) in [7, 11) is -1.20. The highest BCUT2D eigenvalue weighted by Gasteiger charge is 2.33. The summed E-state index contributed by atoms with van der Waals surface area (Å²) in [5, 5.41) is 0. The monoisotopic (exact) mass is 827 g/mol. The molecule has 2 aliphatic heterocycles.